The molecule has 21 heavy (non-hydrogen) atoms. The SMILES string of the molecule is CCNC(=NCCc1ccccc1F)N1CCCC(C)C1. The maximum absolute atomic E-state index is 13.6. The van der Waals surface area contributed by atoms with Gasteiger partial charge in [-0.25, -0.2) is 4.39 Å². The van der Waals surface area contributed by atoms with E-state index in [9.17, 15) is 4.39 Å². The Morgan fingerprint density at radius 3 is 2.95 bits per heavy atom. The summed E-state index contributed by atoms with van der Waals surface area (Å²) in [5, 5.41) is 3.36. The number of piperidine rings is 1. The van der Waals surface area contributed by atoms with Crippen LogP contribution in [0.1, 0.15) is 32.3 Å². The van der Waals surface area contributed by atoms with Gasteiger partial charge in [0.1, 0.15) is 5.82 Å². The van der Waals surface area contributed by atoms with Crippen molar-refractivity contribution in [2.75, 3.05) is 26.2 Å². The molecule has 1 unspecified atom stereocenters. The molecule has 0 saturated carbocycles. The molecule has 0 radical (unpaired) electrons. The van der Waals surface area contributed by atoms with Crippen LogP contribution in [0, 0.1) is 11.7 Å². The fourth-order valence-electron chi connectivity index (χ4n) is 2.79. The second-order valence-corrected chi connectivity index (χ2v) is 5.77. The maximum atomic E-state index is 13.6. The van der Waals surface area contributed by atoms with Crippen LogP contribution in [0.2, 0.25) is 0 Å². The van der Waals surface area contributed by atoms with Gasteiger partial charge < -0.3 is 10.2 Å². The van der Waals surface area contributed by atoms with E-state index in [0.717, 1.165) is 31.2 Å². The van der Waals surface area contributed by atoms with E-state index in [2.05, 4.69) is 29.1 Å². The Morgan fingerprint density at radius 2 is 2.24 bits per heavy atom. The molecular formula is C17H26FN3. The summed E-state index contributed by atoms with van der Waals surface area (Å²) in [5.74, 6) is 1.55. The van der Waals surface area contributed by atoms with Crippen molar-refractivity contribution in [3.8, 4) is 0 Å². The fraction of sp³-hybridized carbons (Fsp3) is 0.588. The van der Waals surface area contributed by atoms with E-state index in [1.807, 2.05) is 12.1 Å². The van der Waals surface area contributed by atoms with Crippen LogP contribution in [0.25, 0.3) is 0 Å². The topological polar surface area (TPSA) is 27.6 Å². The molecule has 1 saturated heterocycles. The molecule has 1 aromatic rings. The van der Waals surface area contributed by atoms with Gasteiger partial charge in [0, 0.05) is 26.2 Å². The molecule has 1 aliphatic heterocycles. The molecule has 1 heterocycles. The van der Waals surface area contributed by atoms with Crippen molar-refractivity contribution in [3.05, 3.63) is 35.6 Å². The van der Waals surface area contributed by atoms with E-state index in [1.165, 1.54) is 18.9 Å². The van der Waals surface area contributed by atoms with Crippen molar-refractivity contribution in [2.45, 2.75) is 33.1 Å². The average Bonchev–Trinajstić information content (AvgIpc) is 2.48. The third kappa shape index (κ3) is 4.73. The molecule has 116 valence electrons. The van der Waals surface area contributed by atoms with Gasteiger partial charge in [-0.3, -0.25) is 4.99 Å². The smallest absolute Gasteiger partial charge is 0.193 e. The van der Waals surface area contributed by atoms with Gasteiger partial charge in [0.05, 0.1) is 0 Å². The van der Waals surface area contributed by atoms with Gasteiger partial charge in [-0.1, -0.05) is 25.1 Å². The van der Waals surface area contributed by atoms with Crippen LogP contribution in [0.4, 0.5) is 4.39 Å². The highest BCUT2D eigenvalue weighted by molar-refractivity contribution is 5.80. The van der Waals surface area contributed by atoms with Crippen molar-refractivity contribution in [3.63, 3.8) is 0 Å². The third-order valence-corrected chi connectivity index (χ3v) is 3.89. The van der Waals surface area contributed by atoms with E-state index < -0.39 is 0 Å². The van der Waals surface area contributed by atoms with Crippen molar-refractivity contribution < 1.29 is 4.39 Å². The predicted octanol–water partition coefficient (Wildman–Crippen LogP) is 3.07. The molecule has 0 amide bonds. The number of nitrogens with zero attached hydrogens (tertiary/aromatic N) is 2. The predicted molar refractivity (Wildman–Crippen MR) is 86.1 cm³/mol. The van der Waals surface area contributed by atoms with Crippen molar-refractivity contribution >= 4 is 5.96 Å². The van der Waals surface area contributed by atoms with Crippen LogP contribution in [-0.2, 0) is 6.42 Å². The molecule has 0 aliphatic carbocycles. The van der Waals surface area contributed by atoms with Gasteiger partial charge in [-0.05, 0) is 43.7 Å². The van der Waals surface area contributed by atoms with Crippen molar-refractivity contribution in [2.24, 2.45) is 10.9 Å². The second-order valence-electron chi connectivity index (χ2n) is 5.77. The first-order valence-corrected chi connectivity index (χ1v) is 7.97. The molecule has 1 atom stereocenters. The third-order valence-electron chi connectivity index (χ3n) is 3.89. The lowest BCUT2D eigenvalue weighted by atomic mass is 10.0. The average molecular weight is 291 g/mol. The van der Waals surface area contributed by atoms with Crippen LogP contribution in [0.15, 0.2) is 29.3 Å². The number of hydrogen-bond acceptors (Lipinski definition) is 1. The van der Waals surface area contributed by atoms with Crippen LogP contribution in [-0.4, -0.2) is 37.0 Å². The number of aliphatic imine (C=N–C) groups is 1. The summed E-state index contributed by atoms with van der Waals surface area (Å²) in [6.07, 6.45) is 3.16. The number of rotatable bonds is 4. The highest BCUT2D eigenvalue weighted by Gasteiger charge is 2.18. The molecular weight excluding hydrogens is 265 g/mol. The molecule has 1 aromatic carbocycles. The summed E-state index contributed by atoms with van der Waals surface area (Å²) in [7, 11) is 0. The van der Waals surface area contributed by atoms with Gasteiger partial charge in [0.15, 0.2) is 5.96 Å². The summed E-state index contributed by atoms with van der Waals surface area (Å²) >= 11 is 0. The standard InChI is InChI=1S/C17H26FN3/c1-3-19-17(21-12-6-7-14(2)13-21)20-11-10-15-8-4-5-9-16(15)18/h4-5,8-9,14H,3,6-7,10-13H2,1-2H3,(H,19,20). The molecule has 1 aliphatic rings. The summed E-state index contributed by atoms with van der Waals surface area (Å²) in [4.78, 5) is 7.01. The van der Waals surface area contributed by atoms with Crippen LogP contribution in [0.5, 0.6) is 0 Å². The first kappa shape index (κ1) is 15.8. The van der Waals surface area contributed by atoms with Gasteiger partial charge >= 0.3 is 0 Å². The molecule has 0 aromatic heterocycles. The largest absolute Gasteiger partial charge is 0.357 e. The van der Waals surface area contributed by atoms with E-state index in [4.69, 9.17) is 0 Å². The number of nitrogens with one attached hydrogen (secondary N) is 1. The monoisotopic (exact) mass is 291 g/mol. The molecule has 4 heteroatoms. The molecule has 3 nitrogen and oxygen atoms in total. The highest BCUT2D eigenvalue weighted by atomic mass is 19.1. The van der Waals surface area contributed by atoms with E-state index in [1.54, 1.807) is 6.07 Å². The molecule has 0 bridgehead atoms. The second kappa shape index (κ2) is 8.01. The minimum absolute atomic E-state index is 0.135. The molecule has 2 rings (SSSR count). The van der Waals surface area contributed by atoms with Gasteiger partial charge in [0.25, 0.3) is 0 Å². The Balaban J connectivity index is 1.96. The van der Waals surface area contributed by atoms with Crippen molar-refractivity contribution in [1.82, 2.24) is 10.2 Å². The molecule has 1 N–H and O–H groups in total. The summed E-state index contributed by atoms with van der Waals surface area (Å²) in [6.45, 7) is 7.98. The molecule has 0 spiro atoms. The van der Waals surface area contributed by atoms with Crippen LogP contribution in [0.3, 0.4) is 0 Å². The Morgan fingerprint density at radius 1 is 1.43 bits per heavy atom. The number of guanidine groups is 1. The fourth-order valence-corrected chi connectivity index (χ4v) is 2.79. The normalized spacial score (nSPS) is 19.7. The van der Waals surface area contributed by atoms with Crippen LogP contribution < -0.4 is 5.32 Å². The van der Waals surface area contributed by atoms with Crippen molar-refractivity contribution in [1.29, 1.82) is 0 Å². The zero-order chi connectivity index (χ0) is 15.1. The number of benzene rings is 1. The Hall–Kier alpha value is -1.58. The van der Waals surface area contributed by atoms with Gasteiger partial charge in [-0.15, -0.1) is 0 Å². The van der Waals surface area contributed by atoms with E-state index in [-0.39, 0.29) is 5.82 Å². The lowest BCUT2D eigenvalue weighted by molar-refractivity contribution is 0.266. The number of hydrogen-bond donors (Lipinski definition) is 1. The first-order chi connectivity index (χ1) is 10.2. The Labute approximate surface area is 127 Å². The number of halogens is 1. The summed E-state index contributed by atoms with van der Waals surface area (Å²) in [6, 6.07) is 6.94. The minimum atomic E-state index is -0.135. The minimum Gasteiger partial charge on any atom is -0.357 e. The van der Waals surface area contributed by atoms with E-state index >= 15 is 0 Å². The van der Waals surface area contributed by atoms with E-state index in [0.29, 0.717) is 18.9 Å². The van der Waals surface area contributed by atoms with Gasteiger partial charge in [-0.2, -0.15) is 0 Å². The number of likely N-dealkylation sites (tertiary alicyclic amines) is 1. The maximum Gasteiger partial charge on any atom is 0.193 e. The summed E-state index contributed by atoms with van der Waals surface area (Å²) in [5.41, 5.74) is 0.740. The molecule has 1 fully saturated rings. The quantitative estimate of drug-likeness (QED) is 0.682. The zero-order valence-electron chi connectivity index (χ0n) is 13.1. The van der Waals surface area contributed by atoms with Gasteiger partial charge in [0.2, 0.25) is 0 Å². The Bertz CT molecular complexity index is 473. The first-order valence-electron chi connectivity index (χ1n) is 7.97. The Kier molecular flexibility index (Phi) is 6.03. The van der Waals surface area contributed by atoms with Crippen LogP contribution >= 0.6 is 0 Å². The summed E-state index contributed by atoms with van der Waals surface area (Å²) < 4.78 is 13.6. The lowest BCUT2D eigenvalue weighted by Crippen LogP contribution is -2.46. The lowest BCUT2D eigenvalue weighted by Gasteiger charge is -2.33. The highest BCUT2D eigenvalue weighted by Crippen LogP contribution is 2.15. The zero-order valence-corrected chi connectivity index (χ0v) is 13.1.